The third-order valence-electron chi connectivity index (χ3n) is 3.74. The maximum atomic E-state index is 11.2. The smallest absolute Gasteiger partial charge is 0.312 e. The standard InChI is InChI=1S/C14H19NO4/c1-19-12-6-10(11(7-15)14(17)18)13(16)9-5-3-2-4-8(9)12/h6,11,16H,2-5,7,15H2,1H3,(H,17,18). The fourth-order valence-corrected chi connectivity index (χ4v) is 2.72. The van der Waals surface area contributed by atoms with Gasteiger partial charge in [0.15, 0.2) is 0 Å². The Labute approximate surface area is 112 Å². The molecule has 0 spiro atoms. The Hall–Kier alpha value is -1.75. The molecule has 5 heteroatoms. The Morgan fingerprint density at radius 2 is 2.05 bits per heavy atom. The third-order valence-corrected chi connectivity index (χ3v) is 3.74. The van der Waals surface area contributed by atoms with Crippen molar-refractivity contribution in [1.29, 1.82) is 0 Å². The predicted molar refractivity (Wildman–Crippen MR) is 70.7 cm³/mol. The van der Waals surface area contributed by atoms with Crippen LogP contribution in [0.1, 0.15) is 35.4 Å². The van der Waals surface area contributed by atoms with Gasteiger partial charge in [0.25, 0.3) is 0 Å². The highest BCUT2D eigenvalue weighted by Gasteiger charge is 2.27. The molecule has 2 rings (SSSR count). The van der Waals surface area contributed by atoms with E-state index in [0.717, 1.165) is 36.8 Å². The van der Waals surface area contributed by atoms with Gasteiger partial charge in [-0.05, 0) is 31.7 Å². The number of carbonyl (C=O) groups is 1. The van der Waals surface area contributed by atoms with E-state index in [0.29, 0.717) is 11.3 Å². The first-order chi connectivity index (χ1) is 9.10. The monoisotopic (exact) mass is 265 g/mol. The first-order valence-electron chi connectivity index (χ1n) is 6.44. The van der Waals surface area contributed by atoms with Crippen LogP contribution >= 0.6 is 0 Å². The molecule has 0 radical (unpaired) electrons. The van der Waals surface area contributed by atoms with Crippen molar-refractivity contribution in [2.24, 2.45) is 5.73 Å². The number of carboxylic acids is 1. The van der Waals surface area contributed by atoms with Crippen LogP contribution in [0.3, 0.4) is 0 Å². The molecule has 0 saturated carbocycles. The number of ether oxygens (including phenoxy) is 1. The van der Waals surface area contributed by atoms with Gasteiger partial charge >= 0.3 is 5.97 Å². The van der Waals surface area contributed by atoms with Gasteiger partial charge in [-0.1, -0.05) is 0 Å². The van der Waals surface area contributed by atoms with Crippen LogP contribution in [0.5, 0.6) is 11.5 Å². The summed E-state index contributed by atoms with van der Waals surface area (Å²) in [6.45, 7) is -0.0508. The van der Waals surface area contributed by atoms with E-state index in [2.05, 4.69) is 0 Å². The fraction of sp³-hybridized carbons (Fsp3) is 0.500. The Morgan fingerprint density at radius 1 is 1.42 bits per heavy atom. The van der Waals surface area contributed by atoms with Crippen LogP contribution in [0.25, 0.3) is 0 Å². The minimum atomic E-state index is -1.03. The number of carboxylic acid groups (broad SMARTS) is 1. The lowest BCUT2D eigenvalue weighted by atomic mass is 9.85. The first-order valence-corrected chi connectivity index (χ1v) is 6.44. The molecule has 0 heterocycles. The van der Waals surface area contributed by atoms with E-state index < -0.39 is 11.9 Å². The lowest BCUT2D eigenvalue weighted by Crippen LogP contribution is -2.22. The van der Waals surface area contributed by atoms with Crippen molar-refractivity contribution in [2.45, 2.75) is 31.6 Å². The minimum absolute atomic E-state index is 0.0508. The average molecular weight is 265 g/mol. The number of phenols is 1. The highest BCUT2D eigenvalue weighted by atomic mass is 16.5. The summed E-state index contributed by atoms with van der Waals surface area (Å²) in [6, 6.07) is 1.62. The number of aliphatic carboxylic acids is 1. The van der Waals surface area contributed by atoms with Gasteiger partial charge < -0.3 is 20.7 Å². The SMILES string of the molecule is COc1cc(C(CN)C(=O)O)c(O)c2c1CCCC2. The van der Waals surface area contributed by atoms with Crippen LogP contribution in [0, 0.1) is 0 Å². The zero-order valence-corrected chi connectivity index (χ0v) is 11.0. The highest BCUT2D eigenvalue weighted by molar-refractivity contribution is 5.78. The molecule has 19 heavy (non-hydrogen) atoms. The third kappa shape index (κ3) is 2.38. The number of phenolic OH excluding ortho intramolecular Hbond substituents is 1. The van der Waals surface area contributed by atoms with Crippen LogP contribution in [-0.2, 0) is 17.6 Å². The zero-order valence-electron chi connectivity index (χ0n) is 11.0. The lowest BCUT2D eigenvalue weighted by Gasteiger charge is -2.23. The molecule has 0 fully saturated rings. The van der Waals surface area contributed by atoms with Crippen molar-refractivity contribution in [3.63, 3.8) is 0 Å². The summed E-state index contributed by atoms with van der Waals surface area (Å²) < 4.78 is 5.34. The van der Waals surface area contributed by atoms with Gasteiger partial charge in [-0.2, -0.15) is 0 Å². The largest absolute Gasteiger partial charge is 0.507 e. The fourth-order valence-electron chi connectivity index (χ4n) is 2.72. The van der Waals surface area contributed by atoms with Crippen LogP contribution in [-0.4, -0.2) is 29.8 Å². The van der Waals surface area contributed by atoms with E-state index in [1.165, 1.54) is 0 Å². The number of rotatable bonds is 4. The van der Waals surface area contributed by atoms with Gasteiger partial charge in [-0.25, -0.2) is 0 Å². The second-order valence-electron chi connectivity index (χ2n) is 4.81. The molecule has 0 aliphatic heterocycles. The summed E-state index contributed by atoms with van der Waals surface area (Å²) in [6.07, 6.45) is 3.66. The van der Waals surface area contributed by atoms with Crippen molar-refractivity contribution in [3.8, 4) is 11.5 Å². The summed E-state index contributed by atoms with van der Waals surface area (Å²) in [4.78, 5) is 11.2. The minimum Gasteiger partial charge on any atom is -0.507 e. The predicted octanol–water partition coefficient (Wildman–Crippen LogP) is 1.41. The van der Waals surface area contributed by atoms with Gasteiger partial charge in [-0.3, -0.25) is 4.79 Å². The molecule has 1 aliphatic carbocycles. The van der Waals surface area contributed by atoms with Crippen molar-refractivity contribution >= 4 is 5.97 Å². The Morgan fingerprint density at radius 3 is 2.58 bits per heavy atom. The molecule has 0 amide bonds. The van der Waals surface area contributed by atoms with E-state index in [1.807, 2.05) is 0 Å². The number of fused-ring (bicyclic) bond motifs is 1. The summed E-state index contributed by atoms with van der Waals surface area (Å²) in [7, 11) is 1.56. The number of methoxy groups -OCH3 is 1. The summed E-state index contributed by atoms with van der Waals surface area (Å²) in [5, 5.41) is 19.5. The molecule has 0 aromatic heterocycles. The molecule has 1 aromatic rings. The molecule has 5 nitrogen and oxygen atoms in total. The molecule has 104 valence electrons. The van der Waals surface area contributed by atoms with E-state index in [4.69, 9.17) is 10.5 Å². The molecule has 1 atom stereocenters. The second kappa shape index (κ2) is 5.48. The molecule has 1 unspecified atom stereocenters. The second-order valence-corrected chi connectivity index (χ2v) is 4.81. The number of hydrogen-bond donors (Lipinski definition) is 3. The number of hydrogen-bond acceptors (Lipinski definition) is 4. The maximum Gasteiger partial charge on any atom is 0.312 e. The van der Waals surface area contributed by atoms with E-state index in [-0.39, 0.29) is 12.3 Å². The van der Waals surface area contributed by atoms with E-state index >= 15 is 0 Å². The highest BCUT2D eigenvalue weighted by Crippen LogP contribution is 2.41. The van der Waals surface area contributed by atoms with Crippen molar-refractivity contribution in [2.75, 3.05) is 13.7 Å². The quantitative estimate of drug-likeness (QED) is 0.765. The van der Waals surface area contributed by atoms with E-state index in [9.17, 15) is 15.0 Å². The summed E-state index contributed by atoms with van der Waals surface area (Å²) >= 11 is 0. The normalized spacial score (nSPS) is 15.7. The van der Waals surface area contributed by atoms with Crippen molar-refractivity contribution in [3.05, 3.63) is 22.8 Å². The van der Waals surface area contributed by atoms with Gasteiger partial charge in [-0.15, -0.1) is 0 Å². The topological polar surface area (TPSA) is 92.8 Å². The molecular formula is C14H19NO4. The molecule has 1 aromatic carbocycles. The lowest BCUT2D eigenvalue weighted by molar-refractivity contribution is -0.138. The van der Waals surface area contributed by atoms with E-state index in [1.54, 1.807) is 13.2 Å². The van der Waals surface area contributed by atoms with Crippen LogP contribution < -0.4 is 10.5 Å². The molecule has 0 saturated heterocycles. The number of aromatic hydroxyl groups is 1. The maximum absolute atomic E-state index is 11.2. The van der Waals surface area contributed by atoms with Gasteiger partial charge in [0, 0.05) is 23.2 Å². The number of benzene rings is 1. The Kier molecular flexibility index (Phi) is 3.95. The molecule has 1 aliphatic rings. The Balaban J connectivity index is 2.59. The summed E-state index contributed by atoms with van der Waals surface area (Å²) in [5.41, 5.74) is 7.68. The van der Waals surface area contributed by atoms with Crippen LogP contribution in [0.4, 0.5) is 0 Å². The van der Waals surface area contributed by atoms with Crippen molar-refractivity contribution < 1.29 is 19.7 Å². The molecular weight excluding hydrogens is 246 g/mol. The van der Waals surface area contributed by atoms with Crippen LogP contribution in [0.15, 0.2) is 6.07 Å². The molecule has 0 bridgehead atoms. The molecule has 4 N–H and O–H groups in total. The summed E-state index contributed by atoms with van der Waals surface area (Å²) in [5.74, 6) is -1.20. The van der Waals surface area contributed by atoms with Gasteiger partial charge in [0.05, 0.1) is 13.0 Å². The van der Waals surface area contributed by atoms with Crippen molar-refractivity contribution in [1.82, 2.24) is 0 Å². The first kappa shape index (κ1) is 13.7. The number of nitrogens with two attached hydrogens (primary N) is 1. The van der Waals surface area contributed by atoms with Gasteiger partial charge in [0.2, 0.25) is 0 Å². The van der Waals surface area contributed by atoms with Crippen LogP contribution in [0.2, 0.25) is 0 Å². The Bertz CT molecular complexity index is 499. The average Bonchev–Trinajstić information content (AvgIpc) is 2.42. The zero-order chi connectivity index (χ0) is 14.0. The van der Waals surface area contributed by atoms with Gasteiger partial charge in [0.1, 0.15) is 11.5 Å².